The van der Waals surface area contributed by atoms with E-state index < -0.39 is 0 Å². The highest BCUT2D eigenvalue weighted by molar-refractivity contribution is 7.15. The molecule has 0 N–H and O–H groups in total. The lowest BCUT2D eigenvalue weighted by molar-refractivity contribution is 0.00328. The summed E-state index contributed by atoms with van der Waals surface area (Å²) in [6, 6.07) is 3.76. The Morgan fingerprint density at radius 1 is 1.55 bits per heavy atom. The van der Waals surface area contributed by atoms with Gasteiger partial charge in [-0.1, -0.05) is 0 Å². The molecule has 6 heteroatoms. The topological polar surface area (TPSA) is 55.6 Å². The summed E-state index contributed by atoms with van der Waals surface area (Å²) in [4.78, 5) is 19.8. The first-order valence-corrected chi connectivity index (χ1v) is 7.38. The molecule has 1 aliphatic rings. The minimum atomic E-state index is -0.0210. The van der Waals surface area contributed by atoms with E-state index in [1.165, 1.54) is 11.3 Å². The predicted molar refractivity (Wildman–Crippen MR) is 75.9 cm³/mol. The molecule has 3 heterocycles. The summed E-state index contributed by atoms with van der Waals surface area (Å²) in [5.41, 5.74) is 0.523. The van der Waals surface area contributed by atoms with Crippen molar-refractivity contribution in [1.29, 1.82) is 0 Å². The van der Waals surface area contributed by atoms with E-state index in [1.54, 1.807) is 6.26 Å². The molecule has 1 saturated heterocycles. The Labute approximate surface area is 121 Å². The summed E-state index contributed by atoms with van der Waals surface area (Å²) in [7, 11) is 0. The molecule has 0 radical (unpaired) electrons. The zero-order chi connectivity index (χ0) is 14.1. The van der Waals surface area contributed by atoms with Crippen LogP contribution in [-0.2, 0) is 4.74 Å². The summed E-state index contributed by atoms with van der Waals surface area (Å²) in [6.07, 6.45) is 1.61. The van der Waals surface area contributed by atoms with Gasteiger partial charge in [0.2, 0.25) is 0 Å². The van der Waals surface area contributed by atoms with Crippen LogP contribution in [0.3, 0.4) is 0 Å². The van der Waals surface area contributed by atoms with E-state index >= 15 is 0 Å². The number of aromatic nitrogens is 1. The Kier molecular flexibility index (Phi) is 3.58. The van der Waals surface area contributed by atoms with Crippen LogP contribution in [0.25, 0.3) is 10.8 Å². The average Bonchev–Trinajstić information content (AvgIpc) is 3.07. The Balaban J connectivity index is 1.88. The van der Waals surface area contributed by atoms with Crippen LogP contribution in [-0.4, -0.2) is 41.6 Å². The van der Waals surface area contributed by atoms with Gasteiger partial charge in [-0.15, -0.1) is 11.3 Å². The maximum atomic E-state index is 12.6. The third kappa shape index (κ3) is 2.36. The van der Waals surface area contributed by atoms with Crippen molar-refractivity contribution in [3.63, 3.8) is 0 Å². The van der Waals surface area contributed by atoms with E-state index in [1.807, 2.05) is 30.9 Å². The minimum Gasteiger partial charge on any atom is -0.462 e. The molecule has 0 spiro atoms. The van der Waals surface area contributed by atoms with E-state index in [9.17, 15) is 4.79 Å². The van der Waals surface area contributed by atoms with Crippen molar-refractivity contribution in [2.75, 3.05) is 19.8 Å². The Morgan fingerprint density at radius 3 is 3.10 bits per heavy atom. The number of aryl methyl sites for hydroxylation is 1. The highest BCUT2D eigenvalue weighted by Gasteiger charge is 2.28. The van der Waals surface area contributed by atoms with E-state index in [0.29, 0.717) is 31.2 Å². The molecule has 1 unspecified atom stereocenters. The average molecular weight is 292 g/mol. The van der Waals surface area contributed by atoms with E-state index in [4.69, 9.17) is 9.15 Å². The van der Waals surface area contributed by atoms with Crippen molar-refractivity contribution in [3.8, 4) is 10.8 Å². The largest absolute Gasteiger partial charge is 0.462 e. The standard InChI is InChI=1S/C14H16N2O3S/c1-9-8-18-7-5-16(9)14(17)12-10(2)20-13(15-12)11-4-3-6-19-11/h3-4,6,9H,5,7-8H2,1-2H3. The molecule has 0 saturated carbocycles. The second-order valence-electron chi connectivity index (χ2n) is 4.82. The summed E-state index contributed by atoms with van der Waals surface area (Å²) < 4.78 is 10.7. The molecule has 20 heavy (non-hydrogen) atoms. The zero-order valence-electron chi connectivity index (χ0n) is 11.5. The number of hydrogen-bond acceptors (Lipinski definition) is 5. The number of morpholine rings is 1. The lowest BCUT2D eigenvalue weighted by Gasteiger charge is -2.32. The fourth-order valence-corrected chi connectivity index (χ4v) is 3.14. The number of ether oxygens (including phenoxy) is 1. The van der Waals surface area contributed by atoms with Gasteiger partial charge < -0.3 is 14.1 Å². The van der Waals surface area contributed by atoms with Gasteiger partial charge in [-0.2, -0.15) is 0 Å². The zero-order valence-corrected chi connectivity index (χ0v) is 12.3. The maximum absolute atomic E-state index is 12.6. The van der Waals surface area contributed by atoms with Crippen LogP contribution < -0.4 is 0 Å². The number of thiazole rings is 1. The van der Waals surface area contributed by atoms with Gasteiger partial charge >= 0.3 is 0 Å². The number of carbonyl (C=O) groups excluding carboxylic acids is 1. The highest BCUT2D eigenvalue weighted by Crippen LogP contribution is 2.29. The second-order valence-corrected chi connectivity index (χ2v) is 6.03. The van der Waals surface area contributed by atoms with Crippen LogP contribution in [0.4, 0.5) is 0 Å². The number of carbonyl (C=O) groups is 1. The van der Waals surface area contributed by atoms with Crippen LogP contribution in [0, 0.1) is 6.92 Å². The molecule has 5 nitrogen and oxygen atoms in total. The van der Waals surface area contributed by atoms with Crippen molar-refractivity contribution in [1.82, 2.24) is 9.88 Å². The summed E-state index contributed by atoms with van der Waals surface area (Å²) in [5.74, 6) is 0.680. The molecule has 106 valence electrons. The van der Waals surface area contributed by atoms with Crippen LogP contribution in [0.15, 0.2) is 22.8 Å². The van der Waals surface area contributed by atoms with E-state index in [2.05, 4.69) is 4.98 Å². The van der Waals surface area contributed by atoms with Crippen molar-refractivity contribution in [2.24, 2.45) is 0 Å². The molecule has 0 aromatic carbocycles. The van der Waals surface area contributed by atoms with Gasteiger partial charge in [0.05, 0.1) is 25.5 Å². The Bertz CT molecular complexity index is 606. The lowest BCUT2D eigenvalue weighted by atomic mass is 10.2. The van der Waals surface area contributed by atoms with E-state index in [0.717, 1.165) is 9.88 Å². The first kappa shape index (κ1) is 13.3. The fourth-order valence-electron chi connectivity index (χ4n) is 2.27. The minimum absolute atomic E-state index is 0.0210. The number of rotatable bonds is 2. The van der Waals surface area contributed by atoms with Gasteiger partial charge in [-0.25, -0.2) is 4.98 Å². The first-order valence-electron chi connectivity index (χ1n) is 6.57. The molecule has 3 rings (SSSR count). The molecule has 0 aliphatic carbocycles. The first-order chi connectivity index (χ1) is 9.66. The Morgan fingerprint density at radius 2 is 2.40 bits per heavy atom. The van der Waals surface area contributed by atoms with Crippen molar-refractivity contribution >= 4 is 17.2 Å². The third-order valence-electron chi connectivity index (χ3n) is 3.36. The summed E-state index contributed by atoms with van der Waals surface area (Å²) in [6.45, 7) is 5.70. The monoisotopic (exact) mass is 292 g/mol. The lowest BCUT2D eigenvalue weighted by Crippen LogP contribution is -2.47. The summed E-state index contributed by atoms with van der Waals surface area (Å²) >= 11 is 1.48. The number of hydrogen-bond donors (Lipinski definition) is 0. The molecular weight excluding hydrogens is 276 g/mol. The molecule has 1 fully saturated rings. The molecule has 1 amide bonds. The van der Waals surface area contributed by atoms with Crippen molar-refractivity contribution in [2.45, 2.75) is 19.9 Å². The SMILES string of the molecule is Cc1sc(-c2ccco2)nc1C(=O)N1CCOCC1C. The number of amides is 1. The molecule has 2 aromatic heterocycles. The maximum Gasteiger partial charge on any atom is 0.274 e. The van der Waals surface area contributed by atoms with Crippen LogP contribution in [0.1, 0.15) is 22.3 Å². The Hall–Kier alpha value is -1.66. The van der Waals surface area contributed by atoms with Crippen LogP contribution in [0.2, 0.25) is 0 Å². The van der Waals surface area contributed by atoms with Crippen molar-refractivity contribution < 1.29 is 13.9 Å². The van der Waals surface area contributed by atoms with Gasteiger partial charge in [-0.3, -0.25) is 4.79 Å². The van der Waals surface area contributed by atoms with Crippen LogP contribution in [0.5, 0.6) is 0 Å². The van der Waals surface area contributed by atoms with Gasteiger partial charge in [0, 0.05) is 11.4 Å². The third-order valence-corrected chi connectivity index (χ3v) is 4.34. The normalized spacial score (nSPS) is 19.3. The quantitative estimate of drug-likeness (QED) is 0.853. The molecule has 1 atom stereocenters. The van der Waals surface area contributed by atoms with Gasteiger partial charge in [0.15, 0.2) is 10.8 Å². The number of nitrogens with zero attached hydrogens (tertiary/aromatic N) is 2. The molecule has 2 aromatic rings. The fraction of sp³-hybridized carbons (Fsp3) is 0.429. The van der Waals surface area contributed by atoms with Gasteiger partial charge in [-0.05, 0) is 26.0 Å². The van der Waals surface area contributed by atoms with E-state index in [-0.39, 0.29) is 11.9 Å². The smallest absolute Gasteiger partial charge is 0.274 e. The highest BCUT2D eigenvalue weighted by atomic mass is 32.1. The van der Waals surface area contributed by atoms with Gasteiger partial charge in [0.1, 0.15) is 5.69 Å². The molecule has 0 bridgehead atoms. The second kappa shape index (κ2) is 5.38. The van der Waals surface area contributed by atoms with Crippen LogP contribution >= 0.6 is 11.3 Å². The summed E-state index contributed by atoms with van der Waals surface area (Å²) in [5, 5.41) is 0.747. The molecular formula is C14H16N2O3S. The predicted octanol–water partition coefficient (Wildman–Crippen LogP) is 2.57. The van der Waals surface area contributed by atoms with Crippen molar-refractivity contribution in [3.05, 3.63) is 29.0 Å². The van der Waals surface area contributed by atoms with Gasteiger partial charge in [0.25, 0.3) is 5.91 Å². The number of furan rings is 1. The molecule has 1 aliphatic heterocycles.